The number of thiazole rings is 1. The van der Waals surface area contributed by atoms with Crippen LogP contribution in [-0.2, 0) is 12.8 Å². The Morgan fingerprint density at radius 1 is 1.44 bits per heavy atom. The van der Waals surface area contributed by atoms with E-state index in [0.29, 0.717) is 12.6 Å². The molecule has 1 aliphatic rings. The van der Waals surface area contributed by atoms with Crippen molar-refractivity contribution in [2.24, 2.45) is 5.73 Å². The molecule has 1 aliphatic heterocycles. The summed E-state index contributed by atoms with van der Waals surface area (Å²) < 4.78 is 0. The Bertz CT molecular complexity index is 549. The zero-order chi connectivity index (χ0) is 12.5. The monoisotopic (exact) mass is 259 g/mol. The molecule has 2 N–H and O–H groups in total. The summed E-state index contributed by atoms with van der Waals surface area (Å²) in [5, 5.41) is 3.21. The van der Waals surface area contributed by atoms with E-state index in [1.54, 1.807) is 11.3 Å². The molecule has 3 rings (SSSR count). The van der Waals surface area contributed by atoms with Gasteiger partial charge in [-0.1, -0.05) is 18.2 Å². The van der Waals surface area contributed by atoms with Gasteiger partial charge in [-0.3, -0.25) is 0 Å². The van der Waals surface area contributed by atoms with Crippen molar-refractivity contribution in [2.75, 3.05) is 11.4 Å². The van der Waals surface area contributed by atoms with Crippen LogP contribution in [0.3, 0.4) is 0 Å². The quantitative estimate of drug-likeness (QED) is 0.921. The van der Waals surface area contributed by atoms with E-state index in [4.69, 9.17) is 10.7 Å². The van der Waals surface area contributed by atoms with Crippen LogP contribution in [0.2, 0.25) is 0 Å². The number of hydrogen-bond donors (Lipinski definition) is 1. The third kappa shape index (κ3) is 1.91. The molecule has 94 valence electrons. The molecule has 0 fully saturated rings. The molecular formula is C14H17N3S. The van der Waals surface area contributed by atoms with E-state index in [2.05, 4.69) is 41.5 Å². The van der Waals surface area contributed by atoms with Crippen molar-refractivity contribution in [1.82, 2.24) is 4.98 Å². The molecule has 1 aromatic carbocycles. The van der Waals surface area contributed by atoms with E-state index in [1.807, 2.05) is 0 Å². The summed E-state index contributed by atoms with van der Waals surface area (Å²) in [6.07, 6.45) is 1.96. The Morgan fingerprint density at radius 3 is 3.11 bits per heavy atom. The molecule has 2 heterocycles. The Morgan fingerprint density at radius 2 is 2.28 bits per heavy atom. The SMILES string of the molecule is CC1Cc2ccccc2N1c1nc(CCN)cs1. The lowest BCUT2D eigenvalue weighted by Gasteiger charge is -2.21. The van der Waals surface area contributed by atoms with Gasteiger partial charge in [0.15, 0.2) is 5.13 Å². The maximum atomic E-state index is 5.58. The first-order valence-corrected chi connectivity index (χ1v) is 7.19. The molecule has 1 atom stereocenters. The van der Waals surface area contributed by atoms with Gasteiger partial charge < -0.3 is 10.6 Å². The second-order valence-electron chi connectivity index (χ2n) is 4.71. The predicted octanol–water partition coefficient (Wildman–Crippen LogP) is 2.73. The molecule has 2 aromatic rings. The Hall–Kier alpha value is -1.39. The summed E-state index contributed by atoms with van der Waals surface area (Å²) in [6.45, 7) is 2.92. The minimum absolute atomic E-state index is 0.485. The Balaban J connectivity index is 1.95. The highest BCUT2D eigenvalue weighted by Crippen LogP contribution is 2.39. The number of benzene rings is 1. The van der Waals surface area contributed by atoms with Crippen molar-refractivity contribution < 1.29 is 0 Å². The summed E-state index contributed by atoms with van der Waals surface area (Å²) in [7, 11) is 0. The van der Waals surface area contributed by atoms with Gasteiger partial charge in [0, 0.05) is 23.5 Å². The maximum absolute atomic E-state index is 5.58. The van der Waals surface area contributed by atoms with E-state index in [0.717, 1.165) is 23.7 Å². The van der Waals surface area contributed by atoms with Gasteiger partial charge in [0.1, 0.15) is 0 Å². The van der Waals surface area contributed by atoms with Crippen LogP contribution in [0.15, 0.2) is 29.6 Å². The molecule has 1 aromatic heterocycles. The van der Waals surface area contributed by atoms with Gasteiger partial charge in [0.25, 0.3) is 0 Å². The molecular weight excluding hydrogens is 242 g/mol. The molecule has 0 saturated carbocycles. The lowest BCUT2D eigenvalue weighted by molar-refractivity contribution is 0.754. The number of hydrogen-bond acceptors (Lipinski definition) is 4. The predicted molar refractivity (Wildman–Crippen MR) is 76.6 cm³/mol. The molecule has 3 nitrogen and oxygen atoms in total. The molecule has 1 unspecified atom stereocenters. The molecule has 4 heteroatoms. The highest BCUT2D eigenvalue weighted by molar-refractivity contribution is 7.13. The standard InChI is InChI=1S/C14H17N3S/c1-10-8-11-4-2-3-5-13(11)17(10)14-16-12(6-7-15)9-18-14/h2-5,9-10H,6-8,15H2,1H3. The second-order valence-corrected chi connectivity index (χ2v) is 5.55. The summed E-state index contributed by atoms with van der Waals surface area (Å²) in [6, 6.07) is 9.08. The Labute approximate surface area is 111 Å². The van der Waals surface area contributed by atoms with Crippen LogP contribution in [0.4, 0.5) is 10.8 Å². The smallest absolute Gasteiger partial charge is 0.190 e. The largest absolute Gasteiger partial charge is 0.330 e. The first kappa shape index (κ1) is 11.7. The van der Waals surface area contributed by atoms with Crippen LogP contribution < -0.4 is 10.6 Å². The minimum Gasteiger partial charge on any atom is -0.330 e. The minimum atomic E-state index is 0.485. The zero-order valence-corrected chi connectivity index (χ0v) is 11.3. The van der Waals surface area contributed by atoms with E-state index in [-0.39, 0.29) is 0 Å². The zero-order valence-electron chi connectivity index (χ0n) is 10.5. The summed E-state index contributed by atoms with van der Waals surface area (Å²) in [4.78, 5) is 7.04. The van der Waals surface area contributed by atoms with Crippen molar-refractivity contribution in [3.05, 3.63) is 40.9 Å². The van der Waals surface area contributed by atoms with Gasteiger partial charge >= 0.3 is 0 Å². The molecule has 0 saturated heterocycles. The highest BCUT2D eigenvalue weighted by atomic mass is 32.1. The summed E-state index contributed by atoms with van der Waals surface area (Å²) >= 11 is 1.71. The molecule has 18 heavy (non-hydrogen) atoms. The molecule has 0 amide bonds. The molecule has 0 spiro atoms. The first-order chi connectivity index (χ1) is 8.79. The van der Waals surface area contributed by atoms with Crippen molar-refractivity contribution in [2.45, 2.75) is 25.8 Å². The number of fused-ring (bicyclic) bond motifs is 1. The number of nitrogens with zero attached hydrogens (tertiary/aromatic N) is 2. The lowest BCUT2D eigenvalue weighted by atomic mass is 10.1. The van der Waals surface area contributed by atoms with E-state index in [9.17, 15) is 0 Å². The fourth-order valence-corrected chi connectivity index (χ4v) is 3.50. The van der Waals surface area contributed by atoms with E-state index < -0.39 is 0 Å². The third-order valence-electron chi connectivity index (χ3n) is 3.35. The maximum Gasteiger partial charge on any atom is 0.190 e. The Kier molecular flexibility index (Phi) is 3.06. The first-order valence-electron chi connectivity index (χ1n) is 6.31. The van der Waals surface area contributed by atoms with Crippen molar-refractivity contribution in [1.29, 1.82) is 0 Å². The number of aromatic nitrogens is 1. The van der Waals surface area contributed by atoms with Gasteiger partial charge in [0.05, 0.1) is 5.69 Å². The number of anilines is 2. The van der Waals surface area contributed by atoms with E-state index >= 15 is 0 Å². The van der Waals surface area contributed by atoms with Crippen LogP contribution in [0.1, 0.15) is 18.2 Å². The van der Waals surface area contributed by atoms with Crippen LogP contribution >= 0.6 is 11.3 Å². The van der Waals surface area contributed by atoms with E-state index in [1.165, 1.54) is 11.3 Å². The third-order valence-corrected chi connectivity index (χ3v) is 4.24. The topological polar surface area (TPSA) is 42.2 Å². The van der Waals surface area contributed by atoms with Crippen LogP contribution in [0.25, 0.3) is 0 Å². The van der Waals surface area contributed by atoms with Gasteiger partial charge in [-0.15, -0.1) is 11.3 Å². The fourth-order valence-electron chi connectivity index (χ4n) is 2.53. The number of nitrogens with two attached hydrogens (primary N) is 1. The lowest BCUT2D eigenvalue weighted by Crippen LogP contribution is -2.23. The van der Waals surface area contributed by atoms with Crippen molar-refractivity contribution in [3.8, 4) is 0 Å². The van der Waals surface area contributed by atoms with Gasteiger partial charge in [-0.25, -0.2) is 4.98 Å². The fraction of sp³-hybridized carbons (Fsp3) is 0.357. The molecule has 0 bridgehead atoms. The number of para-hydroxylation sites is 1. The van der Waals surface area contributed by atoms with Crippen molar-refractivity contribution in [3.63, 3.8) is 0 Å². The normalized spacial score (nSPS) is 18.1. The average molecular weight is 259 g/mol. The average Bonchev–Trinajstić information content (AvgIpc) is 2.92. The van der Waals surface area contributed by atoms with Crippen LogP contribution in [-0.4, -0.2) is 17.6 Å². The molecule has 0 radical (unpaired) electrons. The van der Waals surface area contributed by atoms with Crippen molar-refractivity contribution >= 4 is 22.2 Å². The second kappa shape index (κ2) is 4.71. The van der Waals surface area contributed by atoms with Gasteiger partial charge in [-0.05, 0) is 31.5 Å². The van der Waals surface area contributed by atoms with Crippen LogP contribution in [0, 0.1) is 0 Å². The highest BCUT2D eigenvalue weighted by Gasteiger charge is 2.28. The number of rotatable bonds is 3. The van der Waals surface area contributed by atoms with Crippen LogP contribution in [0.5, 0.6) is 0 Å². The van der Waals surface area contributed by atoms with Gasteiger partial charge in [-0.2, -0.15) is 0 Å². The summed E-state index contributed by atoms with van der Waals surface area (Å²) in [5.74, 6) is 0. The van der Waals surface area contributed by atoms with Gasteiger partial charge in [0.2, 0.25) is 0 Å². The molecule has 0 aliphatic carbocycles. The summed E-state index contributed by atoms with van der Waals surface area (Å²) in [5.41, 5.74) is 9.41.